The summed E-state index contributed by atoms with van der Waals surface area (Å²) in [5.41, 5.74) is 2.31. The molecule has 30 heavy (non-hydrogen) atoms. The first-order valence-corrected chi connectivity index (χ1v) is 10.1. The average Bonchev–Trinajstić information content (AvgIpc) is 2.89. The van der Waals surface area contributed by atoms with Crippen molar-refractivity contribution in [1.29, 1.82) is 0 Å². The number of anilines is 1. The highest BCUT2D eigenvalue weighted by Crippen LogP contribution is 2.37. The number of fused-ring (bicyclic) bond motifs is 1. The topological polar surface area (TPSA) is 58.6 Å². The van der Waals surface area contributed by atoms with Gasteiger partial charge in [-0.1, -0.05) is 66.2 Å². The van der Waals surface area contributed by atoms with Crippen LogP contribution in [-0.4, -0.2) is 29.4 Å². The van der Waals surface area contributed by atoms with Crippen molar-refractivity contribution in [2.24, 2.45) is 0 Å². The fourth-order valence-electron chi connectivity index (χ4n) is 3.67. The molecule has 1 aliphatic rings. The van der Waals surface area contributed by atoms with Crippen molar-refractivity contribution in [3.05, 3.63) is 95.0 Å². The number of carbonyl (C=O) groups excluding carboxylic acids is 2. The molecule has 0 fully saturated rings. The maximum Gasteiger partial charge on any atom is 0.264 e. The van der Waals surface area contributed by atoms with Crippen molar-refractivity contribution in [3.8, 4) is 5.75 Å². The SMILES string of the molecule is CC(Oc1ccccc1)C(=O)N1CC(=O)Nc2cc(Cl)ccc2C1c1ccccc1. The number of ether oxygens (including phenoxy) is 1. The lowest BCUT2D eigenvalue weighted by Gasteiger charge is -2.32. The zero-order valence-corrected chi connectivity index (χ0v) is 17.2. The molecule has 1 N–H and O–H groups in total. The lowest BCUT2D eigenvalue weighted by molar-refractivity contribution is -0.142. The Morgan fingerprint density at radius 3 is 2.43 bits per heavy atom. The highest BCUT2D eigenvalue weighted by Gasteiger charge is 2.36. The summed E-state index contributed by atoms with van der Waals surface area (Å²) in [5, 5.41) is 3.39. The normalized spacial score (nSPS) is 16.8. The van der Waals surface area contributed by atoms with Crippen molar-refractivity contribution >= 4 is 29.1 Å². The molecule has 1 heterocycles. The highest BCUT2D eigenvalue weighted by atomic mass is 35.5. The maximum absolute atomic E-state index is 13.5. The predicted molar refractivity (Wildman–Crippen MR) is 117 cm³/mol. The van der Waals surface area contributed by atoms with Gasteiger partial charge in [0.2, 0.25) is 5.91 Å². The van der Waals surface area contributed by atoms with E-state index in [1.165, 1.54) is 0 Å². The number of nitrogens with one attached hydrogen (secondary N) is 1. The second-order valence-corrected chi connectivity index (χ2v) is 7.57. The summed E-state index contributed by atoms with van der Waals surface area (Å²) in [4.78, 5) is 27.7. The summed E-state index contributed by atoms with van der Waals surface area (Å²) in [5.74, 6) is 0.0453. The van der Waals surface area contributed by atoms with Gasteiger partial charge in [0.25, 0.3) is 5.91 Å². The van der Waals surface area contributed by atoms with E-state index in [1.54, 1.807) is 36.1 Å². The van der Waals surface area contributed by atoms with E-state index in [0.29, 0.717) is 16.5 Å². The third-order valence-electron chi connectivity index (χ3n) is 5.01. The molecule has 1 aliphatic heterocycles. The van der Waals surface area contributed by atoms with E-state index in [0.717, 1.165) is 11.1 Å². The van der Waals surface area contributed by atoms with Crippen LogP contribution in [0.5, 0.6) is 5.75 Å². The first-order valence-electron chi connectivity index (χ1n) is 9.69. The summed E-state index contributed by atoms with van der Waals surface area (Å²) >= 11 is 6.16. The minimum absolute atomic E-state index is 0.0901. The number of benzene rings is 3. The van der Waals surface area contributed by atoms with Crippen LogP contribution in [0, 0.1) is 0 Å². The number of halogens is 1. The Kier molecular flexibility index (Phi) is 5.72. The molecule has 4 rings (SSSR count). The van der Waals surface area contributed by atoms with Crippen molar-refractivity contribution in [2.45, 2.75) is 19.1 Å². The molecule has 2 unspecified atom stereocenters. The molecule has 0 spiro atoms. The van der Waals surface area contributed by atoms with E-state index in [4.69, 9.17) is 16.3 Å². The molecule has 0 aromatic heterocycles. The van der Waals surface area contributed by atoms with Crippen LogP contribution in [0.3, 0.4) is 0 Å². The average molecular weight is 421 g/mol. The Hall–Kier alpha value is -3.31. The lowest BCUT2D eigenvalue weighted by Crippen LogP contribution is -2.45. The molecule has 0 saturated carbocycles. The van der Waals surface area contributed by atoms with Gasteiger partial charge in [-0.3, -0.25) is 9.59 Å². The van der Waals surface area contributed by atoms with Gasteiger partial charge >= 0.3 is 0 Å². The van der Waals surface area contributed by atoms with Gasteiger partial charge in [0.1, 0.15) is 12.3 Å². The Balaban J connectivity index is 1.74. The third kappa shape index (κ3) is 4.16. The van der Waals surface area contributed by atoms with Gasteiger partial charge in [0, 0.05) is 16.3 Å². The molecular weight excluding hydrogens is 400 g/mol. The molecule has 6 heteroatoms. The molecule has 0 radical (unpaired) electrons. The molecule has 0 bridgehead atoms. The van der Waals surface area contributed by atoms with Crippen LogP contribution < -0.4 is 10.1 Å². The number of para-hydroxylation sites is 1. The summed E-state index contributed by atoms with van der Waals surface area (Å²) in [7, 11) is 0. The monoisotopic (exact) mass is 420 g/mol. The highest BCUT2D eigenvalue weighted by molar-refractivity contribution is 6.31. The summed E-state index contributed by atoms with van der Waals surface area (Å²) in [6.45, 7) is 1.61. The maximum atomic E-state index is 13.5. The molecule has 2 atom stereocenters. The first-order chi connectivity index (χ1) is 14.5. The van der Waals surface area contributed by atoms with Gasteiger partial charge in [-0.2, -0.15) is 0 Å². The summed E-state index contributed by atoms with van der Waals surface area (Å²) in [6, 6.07) is 23.7. The number of nitrogens with zero attached hydrogens (tertiary/aromatic N) is 1. The van der Waals surface area contributed by atoms with E-state index in [2.05, 4.69) is 5.32 Å². The fraction of sp³-hybridized carbons (Fsp3) is 0.167. The molecule has 2 amide bonds. The van der Waals surface area contributed by atoms with Gasteiger partial charge in [-0.15, -0.1) is 0 Å². The fourth-order valence-corrected chi connectivity index (χ4v) is 3.84. The van der Waals surface area contributed by atoms with E-state index in [9.17, 15) is 9.59 Å². The van der Waals surface area contributed by atoms with E-state index < -0.39 is 12.1 Å². The van der Waals surface area contributed by atoms with E-state index in [-0.39, 0.29) is 18.4 Å². The molecule has 3 aromatic rings. The zero-order valence-electron chi connectivity index (χ0n) is 16.4. The number of rotatable bonds is 4. The van der Waals surface area contributed by atoms with Gasteiger partial charge in [0.15, 0.2) is 6.10 Å². The molecular formula is C24H21ClN2O3. The van der Waals surface area contributed by atoms with Crippen LogP contribution in [0.2, 0.25) is 5.02 Å². The van der Waals surface area contributed by atoms with Crippen molar-refractivity contribution in [1.82, 2.24) is 4.90 Å². The summed E-state index contributed by atoms with van der Waals surface area (Å²) in [6.07, 6.45) is -0.764. The molecule has 152 valence electrons. The molecule has 0 saturated heterocycles. The van der Waals surface area contributed by atoms with Gasteiger partial charge in [-0.05, 0) is 36.8 Å². The second-order valence-electron chi connectivity index (χ2n) is 7.13. The van der Waals surface area contributed by atoms with E-state index >= 15 is 0 Å². The largest absolute Gasteiger partial charge is 0.481 e. The third-order valence-corrected chi connectivity index (χ3v) is 5.25. The van der Waals surface area contributed by atoms with Crippen LogP contribution in [-0.2, 0) is 9.59 Å². The van der Waals surface area contributed by atoms with Crippen LogP contribution >= 0.6 is 11.6 Å². The number of hydrogen-bond donors (Lipinski definition) is 1. The van der Waals surface area contributed by atoms with Gasteiger partial charge < -0.3 is 15.0 Å². The second kappa shape index (κ2) is 8.59. The lowest BCUT2D eigenvalue weighted by atomic mass is 9.95. The minimum atomic E-state index is -0.764. The van der Waals surface area contributed by atoms with Gasteiger partial charge in [-0.25, -0.2) is 0 Å². The Morgan fingerprint density at radius 1 is 1.07 bits per heavy atom. The van der Waals surface area contributed by atoms with Crippen LogP contribution in [0.25, 0.3) is 0 Å². The quantitative estimate of drug-likeness (QED) is 0.666. The number of hydrogen-bond acceptors (Lipinski definition) is 3. The zero-order chi connectivity index (χ0) is 21.1. The van der Waals surface area contributed by atoms with E-state index in [1.807, 2.05) is 54.6 Å². The molecule has 0 aliphatic carbocycles. The minimum Gasteiger partial charge on any atom is -0.481 e. The van der Waals surface area contributed by atoms with Crippen molar-refractivity contribution in [3.63, 3.8) is 0 Å². The van der Waals surface area contributed by atoms with Crippen LogP contribution in [0.4, 0.5) is 5.69 Å². The van der Waals surface area contributed by atoms with Crippen molar-refractivity contribution in [2.75, 3.05) is 11.9 Å². The Bertz CT molecular complexity index is 1060. The van der Waals surface area contributed by atoms with Crippen LogP contribution in [0.15, 0.2) is 78.9 Å². The molecule has 3 aromatic carbocycles. The smallest absolute Gasteiger partial charge is 0.264 e. The van der Waals surface area contributed by atoms with Crippen molar-refractivity contribution < 1.29 is 14.3 Å². The number of carbonyl (C=O) groups is 2. The number of amides is 2. The Labute approximate surface area is 180 Å². The standard InChI is InChI=1S/C24H21ClN2O3/c1-16(30-19-10-6-3-7-11-19)24(29)27-15-22(28)26-21-14-18(25)12-13-20(21)23(27)17-8-4-2-5-9-17/h2-14,16,23H,15H2,1H3,(H,26,28). The van der Waals surface area contributed by atoms with Gasteiger partial charge in [0.05, 0.1) is 6.04 Å². The first kappa shape index (κ1) is 20.0. The summed E-state index contributed by atoms with van der Waals surface area (Å²) < 4.78 is 5.85. The predicted octanol–water partition coefficient (Wildman–Crippen LogP) is 4.68. The Morgan fingerprint density at radius 2 is 1.73 bits per heavy atom. The van der Waals surface area contributed by atoms with Crippen LogP contribution in [0.1, 0.15) is 24.1 Å². The molecule has 5 nitrogen and oxygen atoms in total.